The zero-order valence-corrected chi connectivity index (χ0v) is 18.6. The summed E-state index contributed by atoms with van der Waals surface area (Å²) in [6.45, 7) is 4.97. The Morgan fingerprint density at radius 3 is 2.26 bits per heavy atom. The van der Waals surface area contributed by atoms with Gasteiger partial charge in [0.25, 0.3) is 0 Å². The first-order valence-electron chi connectivity index (χ1n) is 10.2. The predicted octanol–water partition coefficient (Wildman–Crippen LogP) is 1.64. The van der Waals surface area contributed by atoms with Crippen LogP contribution in [0.25, 0.3) is 0 Å². The minimum Gasteiger partial charge on any atom is -0.339 e. The first-order valence-corrected chi connectivity index (χ1v) is 11.6. The van der Waals surface area contributed by atoms with Gasteiger partial charge in [0, 0.05) is 32.7 Å². The number of urea groups is 1. The fourth-order valence-corrected chi connectivity index (χ4v) is 5.14. The van der Waals surface area contributed by atoms with Crippen LogP contribution < -0.4 is 10.6 Å². The Hall–Kier alpha value is -2.91. The molecule has 1 aliphatic rings. The molecule has 2 aromatic rings. The van der Waals surface area contributed by atoms with Crippen LogP contribution in [0.1, 0.15) is 16.7 Å². The van der Waals surface area contributed by atoms with E-state index in [1.165, 1.54) is 4.31 Å². The lowest BCUT2D eigenvalue weighted by molar-refractivity contribution is -0.131. The number of amides is 3. The number of hydrogen-bond donors (Lipinski definition) is 2. The van der Waals surface area contributed by atoms with Crippen molar-refractivity contribution in [1.82, 2.24) is 19.8 Å². The maximum Gasteiger partial charge on any atom is 0.315 e. The molecule has 1 heterocycles. The van der Waals surface area contributed by atoms with Crippen molar-refractivity contribution < 1.29 is 18.0 Å². The van der Waals surface area contributed by atoms with Crippen LogP contribution in [0.4, 0.5) is 4.79 Å². The van der Waals surface area contributed by atoms with E-state index in [-0.39, 0.29) is 38.6 Å². The fourth-order valence-electron chi connectivity index (χ4n) is 3.51. The zero-order chi connectivity index (χ0) is 22.4. The summed E-state index contributed by atoms with van der Waals surface area (Å²) in [6, 6.07) is 14.3. The lowest BCUT2D eigenvalue weighted by atomic mass is 10.2. The number of rotatable bonds is 6. The van der Waals surface area contributed by atoms with Crippen molar-refractivity contribution in [1.29, 1.82) is 0 Å². The third-order valence-electron chi connectivity index (χ3n) is 5.24. The summed E-state index contributed by atoms with van der Waals surface area (Å²) in [5.74, 6) is -0.238. The lowest BCUT2D eigenvalue weighted by Crippen LogP contribution is -2.53. The largest absolute Gasteiger partial charge is 0.339 e. The molecule has 1 fully saturated rings. The van der Waals surface area contributed by atoms with E-state index in [2.05, 4.69) is 10.6 Å². The van der Waals surface area contributed by atoms with Gasteiger partial charge >= 0.3 is 6.03 Å². The van der Waals surface area contributed by atoms with Crippen LogP contribution in [0.15, 0.2) is 53.4 Å². The van der Waals surface area contributed by atoms with E-state index in [0.29, 0.717) is 17.0 Å². The van der Waals surface area contributed by atoms with Crippen molar-refractivity contribution in [2.45, 2.75) is 25.3 Å². The van der Waals surface area contributed by atoms with Crippen molar-refractivity contribution in [3.05, 3.63) is 65.2 Å². The van der Waals surface area contributed by atoms with Gasteiger partial charge in [-0.2, -0.15) is 4.31 Å². The number of piperazine rings is 1. The summed E-state index contributed by atoms with van der Waals surface area (Å²) in [6.07, 6.45) is 0. The van der Waals surface area contributed by atoms with Gasteiger partial charge in [-0.25, -0.2) is 13.2 Å². The smallest absolute Gasteiger partial charge is 0.315 e. The molecule has 166 valence electrons. The molecule has 0 saturated carbocycles. The average molecular weight is 445 g/mol. The van der Waals surface area contributed by atoms with Crippen molar-refractivity contribution >= 4 is 22.0 Å². The van der Waals surface area contributed by atoms with Crippen LogP contribution >= 0.6 is 0 Å². The van der Waals surface area contributed by atoms with Crippen LogP contribution in [-0.4, -0.2) is 62.3 Å². The van der Waals surface area contributed by atoms with Crippen LogP contribution in [-0.2, 0) is 21.4 Å². The summed E-state index contributed by atoms with van der Waals surface area (Å²) in [4.78, 5) is 26.2. The molecule has 0 spiro atoms. The van der Waals surface area contributed by atoms with E-state index in [1.54, 1.807) is 24.0 Å². The third kappa shape index (κ3) is 5.83. The first kappa shape index (κ1) is 22.8. The molecule has 0 atom stereocenters. The van der Waals surface area contributed by atoms with Gasteiger partial charge in [-0.05, 0) is 31.0 Å². The second-order valence-electron chi connectivity index (χ2n) is 7.58. The molecular formula is C22H28N4O4S. The summed E-state index contributed by atoms with van der Waals surface area (Å²) in [7, 11) is -3.60. The van der Waals surface area contributed by atoms with Crippen molar-refractivity contribution in [2.24, 2.45) is 0 Å². The Labute approximate surface area is 183 Å². The molecule has 0 aromatic heterocycles. The summed E-state index contributed by atoms with van der Waals surface area (Å²) in [5.41, 5.74) is 2.68. The monoisotopic (exact) mass is 444 g/mol. The van der Waals surface area contributed by atoms with Gasteiger partial charge in [0.15, 0.2) is 0 Å². The van der Waals surface area contributed by atoms with Crippen molar-refractivity contribution in [3.63, 3.8) is 0 Å². The maximum absolute atomic E-state index is 13.0. The molecule has 0 radical (unpaired) electrons. The van der Waals surface area contributed by atoms with Gasteiger partial charge in [-0.3, -0.25) is 4.79 Å². The van der Waals surface area contributed by atoms with Crippen LogP contribution in [0.3, 0.4) is 0 Å². The van der Waals surface area contributed by atoms with Crippen molar-refractivity contribution in [3.8, 4) is 0 Å². The predicted molar refractivity (Wildman–Crippen MR) is 118 cm³/mol. The molecule has 1 aliphatic heterocycles. The van der Waals surface area contributed by atoms with E-state index >= 15 is 0 Å². The Balaban J connectivity index is 1.46. The minimum atomic E-state index is -3.60. The van der Waals surface area contributed by atoms with Gasteiger partial charge in [-0.15, -0.1) is 0 Å². The summed E-state index contributed by atoms with van der Waals surface area (Å²) >= 11 is 0. The summed E-state index contributed by atoms with van der Waals surface area (Å²) < 4.78 is 27.3. The SMILES string of the molecule is Cc1ccc(S(=O)(=O)N2CCN(C(=O)CNC(=O)NCc3ccccc3)CC2)c(C)c1. The molecule has 0 bridgehead atoms. The second-order valence-corrected chi connectivity index (χ2v) is 9.48. The van der Waals surface area contributed by atoms with Crippen molar-refractivity contribution in [2.75, 3.05) is 32.7 Å². The van der Waals surface area contributed by atoms with E-state index in [4.69, 9.17) is 0 Å². The average Bonchev–Trinajstić information content (AvgIpc) is 2.76. The highest BCUT2D eigenvalue weighted by Crippen LogP contribution is 2.22. The molecule has 0 aliphatic carbocycles. The number of benzene rings is 2. The summed E-state index contributed by atoms with van der Waals surface area (Å²) in [5, 5.41) is 5.26. The highest BCUT2D eigenvalue weighted by molar-refractivity contribution is 7.89. The number of nitrogens with zero attached hydrogens (tertiary/aromatic N) is 2. The highest BCUT2D eigenvalue weighted by atomic mass is 32.2. The molecule has 9 heteroatoms. The Kier molecular flexibility index (Phi) is 7.29. The lowest BCUT2D eigenvalue weighted by Gasteiger charge is -2.34. The molecule has 8 nitrogen and oxygen atoms in total. The molecule has 1 saturated heterocycles. The number of nitrogens with one attached hydrogen (secondary N) is 2. The molecule has 2 aromatic carbocycles. The zero-order valence-electron chi connectivity index (χ0n) is 17.8. The van der Waals surface area contributed by atoms with Crippen LogP contribution in [0.2, 0.25) is 0 Å². The molecule has 0 unspecified atom stereocenters. The van der Waals surface area contributed by atoms with E-state index in [0.717, 1.165) is 11.1 Å². The highest BCUT2D eigenvalue weighted by Gasteiger charge is 2.31. The molecule has 3 rings (SSSR count). The van der Waals surface area contributed by atoms with Gasteiger partial charge in [0.1, 0.15) is 0 Å². The van der Waals surface area contributed by atoms with Gasteiger partial charge in [-0.1, -0.05) is 48.0 Å². The van der Waals surface area contributed by atoms with Crippen LogP contribution in [0, 0.1) is 13.8 Å². The van der Waals surface area contributed by atoms with Crippen LogP contribution in [0.5, 0.6) is 0 Å². The quantitative estimate of drug-likeness (QED) is 0.708. The molecule has 2 N–H and O–H groups in total. The number of aryl methyl sites for hydroxylation is 2. The van der Waals surface area contributed by atoms with Gasteiger partial charge in [0.2, 0.25) is 15.9 Å². The number of carbonyl (C=O) groups is 2. The van der Waals surface area contributed by atoms with E-state index in [9.17, 15) is 18.0 Å². The van der Waals surface area contributed by atoms with Gasteiger partial charge in [0.05, 0.1) is 11.4 Å². The Morgan fingerprint density at radius 1 is 0.935 bits per heavy atom. The number of carbonyl (C=O) groups excluding carboxylic acids is 2. The first-order chi connectivity index (χ1) is 14.8. The number of sulfonamides is 1. The van der Waals surface area contributed by atoms with E-state index in [1.807, 2.05) is 43.3 Å². The molecular weight excluding hydrogens is 416 g/mol. The Morgan fingerprint density at radius 2 is 1.61 bits per heavy atom. The maximum atomic E-state index is 13.0. The molecule has 31 heavy (non-hydrogen) atoms. The van der Waals surface area contributed by atoms with E-state index < -0.39 is 16.1 Å². The standard InChI is InChI=1S/C22H28N4O4S/c1-17-8-9-20(18(2)14-17)31(29,30)26-12-10-25(11-13-26)21(27)16-24-22(28)23-15-19-6-4-3-5-7-19/h3-9,14H,10-13,15-16H2,1-2H3,(H2,23,24,28). The normalized spacial score (nSPS) is 14.8. The third-order valence-corrected chi connectivity index (χ3v) is 7.29. The topological polar surface area (TPSA) is 98.8 Å². The Bertz CT molecular complexity index is 1030. The molecule has 3 amide bonds. The fraction of sp³-hybridized carbons (Fsp3) is 0.364. The minimum absolute atomic E-state index is 0.134. The number of hydrogen-bond acceptors (Lipinski definition) is 4. The van der Waals surface area contributed by atoms with Gasteiger partial charge < -0.3 is 15.5 Å². The second kappa shape index (κ2) is 9.93.